The summed E-state index contributed by atoms with van der Waals surface area (Å²) in [7, 11) is 0. The maximum absolute atomic E-state index is 14.7. The highest BCUT2D eigenvalue weighted by molar-refractivity contribution is 5.94. The van der Waals surface area contributed by atoms with E-state index in [1.165, 1.54) is 12.6 Å². The number of rotatable bonds is 6. The van der Waals surface area contributed by atoms with Gasteiger partial charge in [-0.25, -0.2) is 14.4 Å². The van der Waals surface area contributed by atoms with Gasteiger partial charge >= 0.3 is 0 Å². The lowest BCUT2D eigenvalue weighted by Gasteiger charge is -2.31. The lowest BCUT2D eigenvalue weighted by Crippen LogP contribution is -2.43. The number of halogens is 1. The molecule has 1 aliphatic heterocycles. The fraction of sp³-hybridized carbons (Fsp3) is 0.571. The van der Waals surface area contributed by atoms with Gasteiger partial charge in [-0.3, -0.25) is 9.59 Å². The number of benzene rings is 1. The van der Waals surface area contributed by atoms with Gasteiger partial charge in [-0.1, -0.05) is 31.4 Å². The Morgan fingerprint density at radius 3 is 2.53 bits per heavy atom. The van der Waals surface area contributed by atoms with Gasteiger partial charge in [0.15, 0.2) is 5.82 Å². The molecule has 7 nitrogen and oxygen atoms in total. The smallest absolute Gasteiger partial charge is 0.226 e. The van der Waals surface area contributed by atoms with E-state index in [0.29, 0.717) is 24.5 Å². The molecule has 2 aliphatic carbocycles. The van der Waals surface area contributed by atoms with Crippen LogP contribution in [0.15, 0.2) is 30.5 Å². The van der Waals surface area contributed by atoms with Crippen LogP contribution in [0.2, 0.25) is 0 Å². The molecular weight excluding hydrogens is 457 g/mol. The van der Waals surface area contributed by atoms with Crippen LogP contribution in [0.1, 0.15) is 77.0 Å². The summed E-state index contributed by atoms with van der Waals surface area (Å²) in [6.45, 7) is 0.686. The number of carbonyl (C=O) groups is 2. The molecular formula is C28H36FN5O2. The second-order valence-corrected chi connectivity index (χ2v) is 10.5. The summed E-state index contributed by atoms with van der Waals surface area (Å²) < 4.78 is 14.7. The van der Waals surface area contributed by atoms with Gasteiger partial charge in [0.25, 0.3) is 0 Å². The summed E-state index contributed by atoms with van der Waals surface area (Å²) in [6.07, 6.45) is 12.9. The molecule has 3 fully saturated rings. The van der Waals surface area contributed by atoms with Crippen molar-refractivity contribution in [3.8, 4) is 11.3 Å². The summed E-state index contributed by atoms with van der Waals surface area (Å²) in [5.41, 5.74) is 1.63. The minimum atomic E-state index is -0.489. The van der Waals surface area contributed by atoms with E-state index in [4.69, 9.17) is 0 Å². The highest BCUT2D eigenvalue weighted by atomic mass is 19.1. The Morgan fingerprint density at radius 1 is 0.972 bits per heavy atom. The first-order valence-electron chi connectivity index (χ1n) is 13.6. The Balaban J connectivity index is 1.20. The van der Waals surface area contributed by atoms with Crippen molar-refractivity contribution in [2.45, 2.75) is 89.1 Å². The Bertz CT molecular complexity index is 1080. The fourth-order valence-electron chi connectivity index (χ4n) is 5.79. The monoisotopic (exact) mass is 493 g/mol. The zero-order valence-corrected chi connectivity index (χ0v) is 20.8. The molecule has 192 valence electrons. The lowest BCUT2D eigenvalue weighted by atomic mass is 9.87. The van der Waals surface area contributed by atoms with E-state index >= 15 is 0 Å². The highest BCUT2D eigenvalue weighted by Crippen LogP contribution is 2.29. The molecule has 2 N–H and O–H groups in total. The topological polar surface area (TPSA) is 87.2 Å². The molecule has 0 atom stereocenters. The summed E-state index contributed by atoms with van der Waals surface area (Å²) in [4.78, 5) is 35.4. The number of aromatic nitrogens is 2. The minimum absolute atomic E-state index is 0.106. The molecule has 3 aliphatic rings. The van der Waals surface area contributed by atoms with Crippen molar-refractivity contribution in [3.05, 3.63) is 36.3 Å². The largest absolute Gasteiger partial charge is 0.353 e. The molecule has 2 saturated carbocycles. The van der Waals surface area contributed by atoms with Crippen LogP contribution in [-0.4, -0.2) is 40.4 Å². The van der Waals surface area contributed by atoms with Crippen molar-refractivity contribution in [1.29, 1.82) is 0 Å². The molecule has 1 aromatic heterocycles. The maximum atomic E-state index is 14.7. The van der Waals surface area contributed by atoms with Crippen LogP contribution in [0.4, 0.5) is 16.0 Å². The van der Waals surface area contributed by atoms with E-state index in [-0.39, 0.29) is 35.5 Å². The number of hydrogen-bond donors (Lipinski definition) is 2. The first kappa shape index (κ1) is 24.7. The van der Waals surface area contributed by atoms with Crippen LogP contribution >= 0.6 is 0 Å². The molecule has 2 amide bonds. The fourth-order valence-corrected chi connectivity index (χ4v) is 5.79. The molecule has 2 heterocycles. The van der Waals surface area contributed by atoms with Crippen molar-refractivity contribution >= 4 is 23.5 Å². The quantitative estimate of drug-likeness (QED) is 0.576. The van der Waals surface area contributed by atoms with E-state index in [1.807, 2.05) is 24.3 Å². The van der Waals surface area contributed by atoms with Crippen LogP contribution in [0.5, 0.6) is 0 Å². The Kier molecular flexibility index (Phi) is 7.78. The van der Waals surface area contributed by atoms with Crippen molar-refractivity contribution < 1.29 is 14.0 Å². The average molecular weight is 494 g/mol. The Morgan fingerprint density at radius 2 is 1.75 bits per heavy atom. The van der Waals surface area contributed by atoms with Gasteiger partial charge in [-0.05, 0) is 63.5 Å². The molecule has 1 saturated heterocycles. The van der Waals surface area contributed by atoms with Gasteiger partial charge < -0.3 is 15.5 Å². The van der Waals surface area contributed by atoms with Gasteiger partial charge in [0, 0.05) is 42.2 Å². The van der Waals surface area contributed by atoms with Crippen molar-refractivity contribution in [1.82, 2.24) is 15.3 Å². The zero-order chi connectivity index (χ0) is 24.9. The lowest BCUT2D eigenvalue weighted by molar-refractivity contribution is -0.127. The second-order valence-electron chi connectivity index (χ2n) is 10.5. The normalized spacial score (nSPS) is 23.4. The summed E-state index contributed by atoms with van der Waals surface area (Å²) >= 11 is 0. The molecule has 0 spiro atoms. The number of nitrogens with zero attached hydrogens (tertiary/aromatic N) is 3. The Hall–Kier alpha value is -3.03. The van der Waals surface area contributed by atoms with Crippen molar-refractivity contribution in [3.63, 3.8) is 0 Å². The van der Waals surface area contributed by atoms with Crippen LogP contribution in [0.3, 0.4) is 0 Å². The van der Waals surface area contributed by atoms with E-state index < -0.39 is 5.82 Å². The molecule has 0 bridgehead atoms. The highest BCUT2D eigenvalue weighted by Gasteiger charge is 2.27. The summed E-state index contributed by atoms with van der Waals surface area (Å²) in [5.74, 6) is 0.435. The Labute approximate surface area is 212 Å². The van der Waals surface area contributed by atoms with Crippen molar-refractivity contribution in [2.24, 2.45) is 5.92 Å². The SMILES string of the molecule is O=C(NC1CCC(Nc2ncc(F)c(-c3cccc(N4CCCCC4=O)c3)n2)CC1)C1CCCCC1. The van der Waals surface area contributed by atoms with Crippen LogP contribution in [0.25, 0.3) is 11.3 Å². The number of amides is 2. The first-order valence-corrected chi connectivity index (χ1v) is 13.6. The van der Waals surface area contributed by atoms with Crippen LogP contribution in [0, 0.1) is 11.7 Å². The predicted octanol–water partition coefficient (Wildman–Crippen LogP) is 5.22. The number of carbonyl (C=O) groups excluding carboxylic acids is 2. The van der Waals surface area contributed by atoms with E-state index in [9.17, 15) is 14.0 Å². The third-order valence-electron chi connectivity index (χ3n) is 7.88. The second kappa shape index (κ2) is 11.4. The number of piperidine rings is 1. The average Bonchev–Trinajstić information content (AvgIpc) is 2.92. The standard InChI is InChI=1S/C28H36FN5O2/c29-24-18-30-28(32-22-14-12-21(13-15-22)31-27(36)19-7-2-1-3-8-19)33-26(24)20-9-6-10-23(17-20)34-16-5-4-11-25(34)35/h6,9-10,17-19,21-22H,1-5,7-8,11-16H2,(H,31,36)(H,30,32,33). The summed E-state index contributed by atoms with van der Waals surface area (Å²) in [6, 6.07) is 7.78. The van der Waals surface area contributed by atoms with Crippen LogP contribution in [-0.2, 0) is 9.59 Å². The molecule has 1 aromatic carbocycles. The van der Waals surface area contributed by atoms with Gasteiger partial charge in [-0.15, -0.1) is 0 Å². The zero-order valence-electron chi connectivity index (χ0n) is 20.8. The number of anilines is 2. The third kappa shape index (κ3) is 5.85. The molecule has 5 rings (SSSR count). The van der Waals surface area contributed by atoms with Crippen LogP contribution < -0.4 is 15.5 Å². The van der Waals surface area contributed by atoms with Gasteiger partial charge in [-0.2, -0.15) is 0 Å². The maximum Gasteiger partial charge on any atom is 0.226 e. The molecule has 0 unspecified atom stereocenters. The van der Waals surface area contributed by atoms with Crippen molar-refractivity contribution in [2.75, 3.05) is 16.8 Å². The number of hydrogen-bond acceptors (Lipinski definition) is 5. The number of nitrogens with one attached hydrogen (secondary N) is 2. The summed E-state index contributed by atoms with van der Waals surface area (Å²) in [5, 5.41) is 6.65. The first-order chi connectivity index (χ1) is 17.6. The molecule has 2 aromatic rings. The molecule has 8 heteroatoms. The van der Waals surface area contributed by atoms with E-state index in [2.05, 4.69) is 20.6 Å². The van der Waals surface area contributed by atoms with Gasteiger partial charge in [0.1, 0.15) is 5.69 Å². The molecule has 36 heavy (non-hydrogen) atoms. The van der Waals surface area contributed by atoms with Gasteiger partial charge in [0.05, 0.1) is 6.20 Å². The third-order valence-corrected chi connectivity index (χ3v) is 7.88. The predicted molar refractivity (Wildman–Crippen MR) is 138 cm³/mol. The minimum Gasteiger partial charge on any atom is -0.353 e. The van der Waals surface area contributed by atoms with Gasteiger partial charge in [0.2, 0.25) is 17.8 Å². The molecule has 0 radical (unpaired) electrons. The van der Waals surface area contributed by atoms with E-state index in [0.717, 1.165) is 69.9 Å². The van der Waals surface area contributed by atoms with E-state index in [1.54, 1.807) is 4.90 Å².